The Kier molecular flexibility index (Phi) is 30.0. The summed E-state index contributed by atoms with van der Waals surface area (Å²) in [6, 6.07) is 35.8. The van der Waals surface area contributed by atoms with E-state index in [9.17, 15) is 83.7 Å². The molecule has 0 atom stereocenters. The Morgan fingerprint density at radius 3 is 1.07 bits per heavy atom. The molecule has 6 aliphatic rings. The lowest BCUT2D eigenvalue weighted by Crippen LogP contribution is -2.31. The number of para-hydroxylation sites is 1. The van der Waals surface area contributed by atoms with Gasteiger partial charge in [0.05, 0.1) is 13.7 Å². The molecule has 0 unspecified atom stereocenters. The first-order valence-electron chi connectivity index (χ1n) is 41.8. The van der Waals surface area contributed by atoms with E-state index in [1.165, 1.54) is 75.4 Å². The number of hydrogen-bond acceptors (Lipinski definition) is 26. The van der Waals surface area contributed by atoms with Gasteiger partial charge >= 0.3 is 33.8 Å². The Morgan fingerprint density at radius 1 is 0.346 bits per heavy atom. The van der Waals surface area contributed by atoms with Gasteiger partial charge in [0.1, 0.15) is 45.1 Å². The molecule has 696 valence electrons. The van der Waals surface area contributed by atoms with E-state index >= 15 is 0 Å². The van der Waals surface area contributed by atoms with Crippen molar-refractivity contribution in [2.75, 3.05) is 92.8 Å². The fraction of sp³-hybridized carbons (Fsp3) is 0.393. The second kappa shape index (κ2) is 39.7. The number of nitrogens with zero attached hydrogens (tertiary/aromatic N) is 6. The maximum atomic E-state index is 13.2. The van der Waals surface area contributed by atoms with E-state index in [-0.39, 0.29) is 46.3 Å². The number of hydrogen-bond donors (Lipinski definition) is 0. The van der Waals surface area contributed by atoms with Crippen LogP contribution in [0.5, 0.6) is 5.75 Å². The highest BCUT2D eigenvalue weighted by atomic mass is 79.9. The lowest BCUT2D eigenvalue weighted by Gasteiger charge is -2.26. The Labute approximate surface area is 762 Å². The van der Waals surface area contributed by atoms with Crippen LogP contribution in [0.2, 0.25) is 5.02 Å². The summed E-state index contributed by atoms with van der Waals surface area (Å²) < 4.78 is 214. The molecule has 0 N–H and O–H groups in total. The molecule has 0 radical (unpaired) electrons. The lowest BCUT2D eigenvalue weighted by atomic mass is 9.79. The maximum absolute atomic E-state index is 13.2. The van der Waals surface area contributed by atoms with Gasteiger partial charge in [-0.25, -0.2) is 83.7 Å². The molecule has 130 heavy (non-hydrogen) atoms. The van der Waals surface area contributed by atoms with Gasteiger partial charge in [-0.15, -0.1) is 0 Å². The van der Waals surface area contributed by atoms with Crippen LogP contribution in [0.15, 0.2) is 229 Å². The average molecular weight is 1990 g/mol. The van der Waals surface area contributed by atoms with Crippen molar-refractivity contribution < 1.29 is 90.9 Å². The van der Waals surface area contributed by atoms with Crippen molar-refractivity contribution in [3.05, 3.63) is 234 Å². The molecule has 6 aliphatic heterocycles. The van der Waals surface area contributed by atoms with E-state index in [1.807, 2.05) is 6.07 Å². The van der Waals surface area contributed by atoms with Gasteiger partial charge in [0.15, 0.2) is 29.4 Å². The molecule has 6 aromatic carbocycles. The summed E-state index contributed by atoms with van der Waals surface area (Å²) in [6.45, 7) is 18.1. The molecule has 32 nitrogen and oxygen atoms in total. The fourth-order valence-electron chi connectivity index (χ4n) is 15.6. The second-order valence-electron chi connectivity index (χ2n) is 33.7. The molecule has 6 aromatic heterocycles. The predicted molar refractivity (Wildman–Crippen MR) is 490 cm³/mol. The van der Waals surface area contributed by atoms with E-state index in [0.717, 1.165) is 105 Å². The maximum Gasteiger partial charge on any atom is 0.356 e. The molecular weight excluding hydrogens is 1900 g/mol. The van der Waals surface area contributed by atoms with Crippen LogP contribution >= 0.6 is 27.5 Å². The van der Waals surface area contributed by atoms with Gasteiger partial charge < -0.3 is 36.0 Å². The van der Waals surface area contributed by atoms with Crippen LogP contribution in [0.25, 0.3) is 65.8 Å². The van der Waals surface area contributed by atoms with E-state index < -0.39 is 105 Å². The van der Waals surface area contributed by atoms with Crippen molar-refractivity contribution in [1.29, 1.82) is 0 Å². The van der Waals surface area contributed by atoms with Crippen molar-refractivity contribution in [1.82, 2.24) is 25.8 Å². The van der Waals surface area contributed by atoms with Gasteiger partial charge in [-0.1, -0.05) is 93.3 Å². The quantitative estimate of drug-likeness (QED) is 0.0860. The van der Waals surface area contributed by atoms with Crippen molar-refractivity contribution in [2.45, 2.75) is 165 Å². The predicted octanol–water partition coefficient (Wildman–Crippen LogP) is 13.8. The van der Waals surface area contributed by atoms with Crippen LogP contribution < -0.4 is 38.5 Å². The molecule has 6 saturated heterocycles. The lowest BCUT2D eigenvalue weighted by molar-refractivity contribution is 0.185. The minimum absolute atomic E-state index is 0.113. The van der Waals surface area contributed by atoms with E-state index in [1.54, 1.807) is 79.9 Å². The topological polar surface area (TPSA) is 424 Å². The molecule has 12 aromatic rings. The monoisotopic (exact) mass is 1990 g/mol. The molecule has 12 heterocycles. The van der Waals surface area contributed by atoms with Gasteiger partial charge in [0.25, 0.3) is 0 Å². The van der Waals surface area contributed by atoms with Crippen molar-refractivity contribution in [3.63, 3.8) is 0 Å². The largest absolute Gasteiger partial charge is 0.497 e. The number of sulfonamides is 6. The average Bonchev–Trinajstić information content (AvgIpc) is 0.968. The second-order valence-corrected chi connectivity index (χ2v) is 46.5. The Bertz CT molecular complexity index is 7130. The number of rotatable bonds is 15. The normalized spacial score (nSPS) is 16.7. The summed E-state index contributed by atoms with van der Waals surface area (Å²) in [4.78, 5) is 70.6. The number of ether oxygens (including phenoxy) is 2. The van der Waals surface area contributed by atoms with Crippen LogP contribution in [0.1, 0.15) is 135 Å². The SMILES string of the molecule is CC(C)(C)c1cc(C(C)(C)C)c2oc(=O)c(S(=O)(=O)N3CCCC3)cc2c1.COCc1cccc2cc(S(=O)(=O)N3CCCC3)c(=O)oc12.COc1ccc2cc(S(=O)(=O)N3CCCC3)c(=O)oc2c1.O=c1oc2ccc(Br)cc2cc1S(=O)(=O)N1CCCC1.O=c1oc2ccc(Cl)cc2cc1S(=O)(=O)N1CCCC1.O=c1oc2ccc(F)cc2cc1S(=O)(=O)N1CCCC1. The number of methoxy groups -OCH3 is 2. The summed E-state index contributed by atoms with van der Waals surface area (Å²) in [5.41, 5.74) is -0.690. The standard InChI is InChI=1S/C21H29NO4S.C15H17NO5S.C14H15NO5S.C13H12BrNO4S.C13H12ClNO4S.C13H12FNO4S/c1-20(2,3)15-11-14-12-17(27(24,25)22-9-7-8-10-22)19(23)26-18(14)16(13-15)21(4,5)6;1-20-10-12-6-4-5-11-9-13(15(17)21-14(11)12)22(18,19)16-7-2-3-8-16;1-19-11-5-4-10-8-13(14(16)20-12(10)9-11)21(17,18)15-6-2-3-7-15;3*14-10-3-4-11-9(7-10)8-12(13(16)19-11)20(17,18)15-5-1-2-6-15/h11-13H,7-10H2,1-6H3;4-6,9H,2-3,7-8,10H2,1H3;4-5,8-9H,2-3,6-7H2,1H3;3*3-4,7-8H,1-2,5-6H2. The van der Waals surface area contributed by atoms with Crippen LogP contribution in [0.4, 0.5) is 4.39 Å². The van der Waals surface area contributed by atoms with Gasteiger partial charge in [-0.2, -0.15) is 25.8 Å². The van der Waals surface area contributed by atoms with Crippen LogP contribution in [-0.4, -0.2) is 169 Å². The third-order valence-corrected chi connectivity index (χ3v) is 34.6. The number of fused-ring (bicyclic) bond motifs is 6. The van der Waals surface area contributed by atoms with E-state index in [2.05, 4.69) is 63.5 Å². The van der Waals surface area contributed by atoms with Crippen LogP contribution in [0.3, 0.4) is 0 Å². The molecule has 41 heteroatoms. The highest BCUT2D eigenvalue weighted by Gasteiger charge is 2.38. The highest BCUT2D eigenvalue weighted by molar-refractivity contribution is 9.10. The fourth-order valence-corrected chi connectivity index (χ4v) is 25.4. The summed E-state index contributed by atoms with van der Waals surface area (Å²) in [5, 5.41) is 3.56. The van der Waals surface area contributed by atoms with Gasteiger partial charge in [-0.3, -0.25) is 0 Å². The van der Waals surface area contributed by atoms with Crippen LogP contribution in [-0.2, 0) is 82.3 Å². The number of halogens is 3. The highest BCUT2D eigenvalue weighted by Crippen LogP contribution is 2.38. The zero-order chi connectivity index (χ0) is 94.0. The zero-order valence-electron chi connectivity index (χ0n) is 72.3. The van der Waals surface area contributed by atoms with Crippen molar-refractivity contribution in [2.24, 2.45) is 0 Å². The molecular formula is C89H97BrClFN6O26S6. The molecule has 0 bridgehead atoms. The molecule has 0 spiro atoms. The minimum atomic E-state index is -3.87. The Balaban J connectivity index is 0.000000133. The molecule has 18 rings (SSSR count). The van der Waals surface area contributed by atoms with Crippen LogP contribution in [0, 0.1) is 5.82 Å². The smallest absolute Gasteiger partial charge is 0.356 e. The van der Waals surface area contributed by atoms with Crippen molar-refractivity contribution in [3.8, 4) is 5.75 Å². The van der Waals surface area contributed by atoms with E-state index in [4.69, 9.17) is 47.6 Å². The minimum Gasteiger partial charge on any atom is -0.497 e. The third-order valence-electron chi connectivity index (χ3n) is 22.6. The Hall–Kier alpha value is -9.50. The van der Waals surface area contributed by atoms with E-state index in [0.29, 0.717) is 156 Å². The Morgan fingerprint density at radius 2 is 0.685 bits per heavy atom. The molecule has 0 aliphatic carbocycles. The van der Waals surface area contributed by atoms with Gasteiger partial charge in [0.2, 0.25) is 60.1 Å². The first-order valence-corrected chi connectivity index (χ1v) is 51.6. The summed E-state index contributed by atoms with van der Waals surface area (Å²) in [5.74, 6) is 0.0247. The van der Waals surface area contributed by atoms with Gasteiger partial charge in [0, 0.05) is 145 Å². The first kappa shape index (κ1) is 98.0. The molecule has 6 fully saturated rings. The summed E-state index contributed by atoms with van der Waals surface area (Å²) in [6.07, 6.45) is 9.71. The summed E-state index contributed by atoms with van der Waals surface area (Å²) >= 11 is 9.19. The third kappa shape index (κ3) is 21.6. The van der Waals surface area contributed by atoms with Crippen molar-refractivity contribution >= 4 is 153 Å². The first-order chi connectivity index (χ1) is 61.3. The summed E-state index contributed by atoms with van der Waals surface area (Å²) in [7, 11) is -19.8. The number of benzene rings is 6. The van der Waals surface area contributed by atoms with Gasteiger partial charge in [-0.05, 0) is 203 Å². The molecule has 0 amide bonds. The molecule has 0 saturated carbocycles. The zero-order valence-corrected chi connectivity index (χ0v) is 79.6.